The van der Waals surface area contributed by atoms with Crippen LogP contribution in [0.3, 0.4) is 0 Å². The average molecular weight is 358 g/mol. The van der Waals surface area contributed by atoms with Gasteiger partial charge in [0.2, 0.25) is 11.8 Å². The van der Waals surface area contributed by atoms with Gasteiger partial charge in [-0.05, 0) is 38.3 Å². The maximum absolute atomic E-state index is 12.5. The minimum atomic E-state index is 0.114. The highest BCUT2D eigenvalue weighted by Crippen LogP contribution is 2.27. The van der Waals surface area contributed by atoms with E-state index in [1.165, 1.54) is 18.4 Å². The number of ether oxygens (including phenoxy) is 1. The van der Waals surface area contributed by atoms with Crippen LogP contribution in [-0.4, -0.2) is 54.4 Å². The van der Waals surface area contributed by atoms with Crippen LogP contribution < -0.4 is 4.74 Å². The molecule has 1 aromatic rings. The van der Waals surface area contributed by atoms with Crippen molar-refractivity contribution < 1.29 is 14.3 Å². The molecule has 2 aliphatic rings. The van der Waals surface area contributed by atoms with Crippen LogP contribution in [0.2, 0.25) is 0 Å². The molecular formula is C21H30N2O3. The van der Waals surface area contributed by atoms with E-state index in [9.17, 15) is 9.59 Å². The van der Waals surface area contributed by atoms with E-state index in [2.05, 4.69) is 13.0 Å². The van der Waals surface area contributed by atoms with Crippen LogP contribution >= 0.6 is 0 Å². The Kier molecular flexibility index (Phi) is 6.17. The minimum absolute atomic E-state index is 0.114. The smallest absolute Gasteiger partial charge is 0.226 e. The van der Waals surface area contributed by atoms with Crippen molar-refractivity contribution in [3.63, 3.8) is 0 Å². The fraction of sp³-hybridized carbons (Fsp3) is 0.619. The Hall–Kier alpha value is -2.04. The summed E-state index contributed by atoms with van der Waals surface area (Å²) in [6.07, 6.45) is 4.80. The third kappa shape index (κ3) is 4.57. The monoisotopic (exact) mass is 358 g/mol. The van der Waals surface area contributed by atoms with Gasteiger partial charge in [0.25, 0.3) is 0 Å². The molecule has 0 bridgehead atoms. The number of amides is 2. The average Bonchev–Trinajstić information content (AvgIpc) is 3.17. The Morgan fingerprint density at radius 1 is 1.04 bits per heavy atom. The molecule has 0 atom stereocenters. The van der Waals surface area contributed by atoms with Gasteiger partial charge in [-0.3, -0.25) is 9.59 Å². The topological polar surface area (TPSA) is 49.9 Å². The van der Waals surface area contributed by atoms with E-state index in [0.29, 0.717) is 45.1 Å². The number of piperazine rings is 1. The lowest BCUT2D eigenvalue weighted by Crippen LogP contribution is -2.51. The lowest BCUT2D eigenvalue weighted by atomic mass is 10.1. The van der Waals surface area contributed by atoms with Gasteiger partial charge in [-0.15, -0.1) is 0 Å². The van der Waals surface area contributed by atoms with Gasteiger partial charge in [0.15, 0.2) is 0 Å². The molecule has 0 spiro atoms. The first-order valence-corrected chi connectivity index (χ1v) is 9.81. The van der Waals surface area contributed by atoms with Crippen LogP contribution in [-0.2, 0) is 9.59 Å². The molecular weight excluding hydrogens is 328 g/mol. The summed E-state index contributed by atoms with van der Waals surface area (Å²) in [4.78, 5) is 28.7. The maximum atomic E-state index is 12.5. The van der Waals surface area contributed by atoms with E-state index < -0.39 is 0 Å². The van der Waals surface area contributed by atoms with Crippen molar-refractivity contribution in [2.75, 3.05) is 32.8 Å². The Labute approximate surface area is 156 Å². The normalized spacial score (nSPS) is 18.2. The Morgan fingerprint density at radius 2 is 1.69 bits per heavy atom. The third-order valence-corrected chi connectivity index (χ3v) is 5.55. The molecule has 2 amide bonds. The van der Waals surface area contributed by atoms with Crippen LogP contribution in [0.25, 0.3) is 0 Å². The van der Waals surface area contributed by atoms with Gasteiger partial charge in [-0.2, -0.15) is 0 Å². The lowest BCUT2D eigenvalue weighted by Gasteiger charge is -2.36. The Bertz CT molecular complexity index is 645. The summed E-state index contributed by atoms with van der Waals surface area (Å²) in [5.41, 5.74) is 2.30. The van der Waals surface area contributed by atoms with Gasteiger partial charge in [0.05, 0.1) is 13.0 Å². The molecule has 5 nitrogen and oxygen atoms in total. The fourth-order valence-electron chi connectivity index (χ4n) is 3.97. The molecule has 1 aliphatic carbocycles. The standard InChI is InChI=1S/C21H30N2O3/c1-16-7-8-19(17(2)15-16)26-14-9-20(24)22-10-12-23(13-11-22)21(25)18-5-3-4-6-18/h7-8,15,18H,3-6,9-14H2,1-2H3. The minimum Gasteiger partial charge on any atom is -0.493 e. The molecule has 142 valence electrons. The number of hydrogen-bond donors (Lipinski definition) is 0. The highest BCUT2D eigenvalue weighted by atomic mass is 16.5. The lowest BCUT2D eigenvalue weighted by molar-refractivity contribution is -0.142. The van der Waals surface area contributed by atoms with Crippen LogP contribution in [0, 0.1) is 19.8 Å². The summed E-state index contributed by atoms with van der Waals surface area (Å²) in [6.45, 7) is 7.08. The van der Waals surface area contributed by atoms with E-state index in [4.69, 9.17) is 4.74 Å². The second-order valence-corrected chi connectivity index (χ2v) is 7.55. The van der Waals surface area contributed by atoms with Crippen LogP contribution in [0.4, 0.5) is 0 Å². The molecule has 1 heterocycles. The van der Waals surface area contributed by atoms with Crippen molar-refractivity contribution in [3.05, 3.63) is 29.3 Å². The summed E-state index contributed by atoms with van der Waals surface area (Å²) >= 11 is 0. The molecule has 1 aromatic carbocycles. The van der Waals surface area contributed by atoms with Gasteiger partial charge in [-0.1, -0.05) is 30.5 Å². The molecule has 0 aromatic heterocycles. The van der Waals surface area contributed by atoms with Crippen molar-refractivity contribution in [2.24, 2.45) is 5.92 Å². The first kappa shape index (κ1) is 18.7. The highest BCUT2D eigenvalue weighted by Gasteiger charge is 2.30. The number of carbonyl (C=O) groups is 2. The SMILES string of the molecule is Cc1ccc(OCCC(=O)N2CCN(C(=O)C3CCCC3)CC2)c(C)c1. The van der Waals surface area contributed by atoms with Gasteiger partial charge >= 0.3 is 0 Å². The van der Waals surface area contributed by atoms with Gasteiger partial charge in [-0.25, -0.2) is 0 Å². The van der Waals surface area contributed by atoms with Crippen molar-refractivity contribution in [1.29, 1.82) is 0 Å². The molecule has 2 fully saturated rings. The quantitative estimate of drug-likeness (QED) is 0.813. The molecule has 26 heavy (non-hydrogen) atoms. The van der Waals surface area contributed by atoms with E-state index in [0.717, 1.165) is 24.2 Å². The number of carbonyl (C=O) groups excluding carboxylic acids is 2. The number of aryl methyl sites for hydroxylation is 2. The molecule has 0 radical (unpaired) electrons. The zero-order valence-electron chi connectivity index (χ0n) is 16.0. The van der Waals surface area contributed by atoms with Crippen LogP contribution in [0.5, 0.6) is 5.75 Å². The van der Waals surface area contributed by atoms with Gasteiger partial charge in [0, 0.05) is 32.1 Å². The predicted molar refractivity (Wildman–Crippen MR) is 101 cm³/mol. The Balaban J connectivity index is 1.40. The van der Waals surface area contributed by atoms with Crippen molar-refractivity contribution in [1.82, 2.24) is 9.80 Å². The number of benzene rings is 1. The van der Waals surface area contributed by atoms with E-state index in [-0.39, 0.29) is 11.8 Å². The molecule has 5 heteroatoms. The van der Waals surface area contributed by atoms with Crippen molar-refractivity contribution >= 4 is 11.8 Å². The van der Waals surface area contributed by atoms with Crippen molar-refractivity contribution in [3.8, 4) is 5.75 Å². The second-order valence-electron chi connectivity index (χ2n) is 7.55. The highest BCUT2D eigenvalue weighted by molar-refractivity contribution is 5.80. The van der Waals surface area contributed by atoms with Crippen LogP contribution in [0.1, 0.15) is 43.2 Å². The zero-order valence-corrected chi connectivity index (χ0v) is 16.0. The molecule has 0 N–H and O–H groups in total. The van der Waals surface area contributed by atoms with E-state index >= 15 is 0 Å². The first-order valence-electron chi connectivity index (χ1n) is 9.81. The summed E-state index contributed by atoms with van der Waals surface area (Å²) in [5.74, 6) is 1.48. The van der Waals surface area contributed by atoms with E-state index in [1.54, 1.807) is 0 Å². The molecule has 1 saturated heterocycles. The third-order valence-electron chi connectivity index (χ3n) is 5.55. The number of hydrogen-bond acceptors (Lipinski definition) is 3. The first-order chi connectivity index (χ1) is 12.5. The van der Waals surface area contributed by atoms with Gasteiger partial charge < -0.3 is 14.5 Å². The predicted octanol–water partition coefficient (Wildman–Crippen LogP) is 2.93. The summed E-state index contributed by atoms with van der Waals surface area (Å²) in [6, 6.07) is 6.06. The second kappa shape index (κ2) is 8.56. The zero-order chi connectivity index (χ0) is 18.5. The maximum Gasteiger partial charge on any atom is 0.226 e. The molecule has 0 unspecified atom stereocenters. The van der Waals surface area contributed by atoms with Gasteiger partial charge in [0.1, 0.15) is 5.75 Å². The molecule has 1 saturated carbocycles. The summed E-state index contributed by atoms with van der Waals surface area (Å²) in [7, 11) is 0. The Morgan fingerprint density at radius 3 is 2.35 bits per heavy atom. The van der Waals surface area contributed by atoms with E-state index in [1.807, 2.05) is 28.9 Å². The number of nitrogens with zero attached hydrogens (tertiary/aromatic N) is 2. The fourth-order valence-corrected chi connectivity index (χ4v) is 3.97. The van der Waals surface area contributed by atoms with Crippen LogP contribution in [0.15, 0.2) is 18.2 Å². The largest absolute Gasteiger partial charge is 0.493 e. The summed E-state index contributed by atoms with van der Waals surface area (Å²) in [5, 5.41) is 0. The molecule has 3 rings (SSSR count). The van der Waals surface area contributed by atoms with Crippen molar-refractivity contribution in [2.45, 2.75) is 46.0 Å². The molecule has 1 aliphatic heterocycles. The summed E-state index contributed by atoms with van der Waals surface area (Å²) < 4.78 is 5.77. The number of rotatable bonds is 5.